The average molecular weight is 358 g/mol. The summed E-state index contributed by atoms with van der Waals surface area (Å²) in [6, 6.07) is 0. The maximum atomic E-state index is 12.7. The number of carbonyl (C=O) groups excluding carboxylic acids is 5. The fraction of sp³-hybridized carbons (Fsp3) is 0.562. The van der Waals surface area contributed by atoms with Crippen LogP contribution in [0.1, 0.15) is 44.9 Å². The summed E-state index contributed by atoms with van der Waals surface area (Å²) in [6.45, 7) is -0.0906. The Morgan fingerprint density at radius 2 is 1.48 bits per heavy atom. The van der Waals surface area contributed by atoms with Gasteiger partial charge in [-0.3, -0.25) is 24.1 Å². The predicted molar refractivity (Wildman–Crippen MR) is 85.7 cm³/mol. The van der Waals surface area contributed by atoms with Crippen LogP contribution in [-0.4, -0.2) is 75.7 Å². The molecule has 9 heteroatoms. The van der Waals surface area contributed by atoms with Crippen LogP contribution in [-0.2, 0) is 28.8 Å². The third-order valence-electron chi connectivity index (χ3n) is 4.78. The summed E-state index contributed by atoms with van der Waals surface area (Å²) >= 11 is 0. The summed E-state index contributed by atoms with van der Waals surface area (Å²) in [5.74, 6) is -2.75. The molecule has 0 spiro atoms. The third-order valence-corrected chi connectivity index (χ3v) is 4.78. The van der Waals surface area contributed by atoms with Gasteiger partial charge in [-0.2, -0.15) is 0 Å². The zero-order valence-electron chi connectivity index (χ0n) is 13.2. The van der Waals surface area contributed by atoms with Gasteiger partial charge in [0, 0.05) is 31.5 Å². The molecule has 0 N–H and O–H groups in total. The topological polar surface area (TPSA) is 101 Å². The quantitative estimate of drug-likeness (QED) is 0.510. The first-order valence-corrected chi connectivity index (χ1v) is 8.05. The summed E-state index contributed by atoms with van der Waals surface area (Å²) in [4.78, 5) is 65.8. The Bertz CT molecular complexity index is 619. The van der Waals surface area contributed by atoms with Crippen molar-refractivity contribution in [3.8, 4) is 0 Å². The van der Waals surface area contributed by atoms with Gasteiger partial charge < -0.3 is 4.84 Å². The van der Waals surface area contributed by atoms with Crippen LogP contribution in [0.2, 0.25) is 0 Å². The van der Waals surface area contributed by atoms with Crippen LogP contribution in [0.3, 0.4) is 0 Å². The summed E-state index contributed by atoms with van der Waals surface area (Å²) in [5.41, 5.74) is -1.07. The zero-order chi connectivity index (χ0) is 17.3. The molecule has 130 valence electrons. The van der Waals surface area contributed by atoms with Crippen LogP contribution >= 0.6 is 0 Å². The van der Waals surface area contributed by atoms with E-state index in [1.807, 2.05) is 0 Å². The van der Waals surface area contributed by atoms with Crippen LogP contribution in [0.25, 0.3) is 0 Å². The van der Waals surface area contributed by atoms with Gasteiger partial charge in [0.05, 0.1) is 5.41 Å². The molecule has 1 saturated heterocycles. The van der Waals surface area contributed by atoms with Crippen molar-refractivity contribution in [1.82, 2.24) is 9.96 Å². The Balaban J connectivity index is 0.00000225. The van der Waals surface area contributed by atoms with E-state index in [4.69, 9.17) is 4.84 Å². The van der Waals surface area contributed by atoms with Gasteiger partial charge in [0.1, 0.15) is 0 Å². The second-order valence-electron chi connectivity index (χ2n) is 6.40. The van der Waals surface area contributed by atoms with Crippen molar-refractivity contribution in [1.29, 1.82) is 0 Å². The molecule has 0 unspecified atom stereocenters. The molecule has 4 amide bonds. The summed E-state index contributed by atoms with van der Waals surface area (Å²) in [7, 11) is 0. The SMILES string of the molecule is O=C1C=CC(=O)N1CC1(C(=O)ON2C(=O)CCC2=O)CCCCC1.[NaH]. The van der Waals surface area contributed by atoms with Crippen molar-refractivity contribution in [2.75, 3.05) is 6.54 Å². The molecule has 0 atom stereocenters. The minimum atomic E-state index is -1.07. The molecule has 0 aromatic heterocycles. The first-order chi connectivity index (χ1) is 11.4. The Morgan fingerprint density at radius 3 is 2.00 bits per heavy atom. The number of imide groups is 2. The van der Waals surface area contributed by atoms with Crippen LogP contribution in [0.15, 0.2) is 12.2 Å². The molecule has 1 saturated carbocycles. The van der Waals surface area contributed by atoms with E-state index in [2.05, 4.69) is 0 Å². The normalized spacial score (nSPS) is 22.4. The van der Waals surface area contributed by atoms with Gasteiger partial charge in [-0.25, -0.2) is 4.79 Å². The molecule has 3 aliphatic rings. The van der Waals surface area contributed by atoms with E-state index in [0.717, 1.165) is 36.3 Å². The second kappa shape index (κ2) is 7.80. The molecule has 2 fully saturated rings. The van der Waals surface area contributed by atoms with Crippen molar-refractivity contribution in [2.24, 2.45) is 5.41 Å². The van der Waals surface area contributed by atoms with E-state index in [1.165, 1.54) is 0 Å². The molecular formula is C16H19N2NaO6. The Hall–Kier alpha value is -1.51. The van der Waals surface area contributed by atoms with Crippen LogP contribution < -0.4 is 0 Å². The fourth-order valence-corrected chi connectivity index (χ4v) is 3.38. The van der Waals surface area contributed by atoms with Crippen molar-refractivity contribution < 1.29 is 28.8 Å². The van der Waals surface area contributed by atoms with E-state index >= 15 is 0 Å². The van der Waals surface area contributed by atoms with Gasteiger partial charge in [-0.05, 0) is 12.8 Å². The first kappa shape index (κ1) is 19.8. The van der Waals surface area contributed by atoms with Gasteiger partial charge in [0.2, 0.25) is 0 Å². The average Bonchev–Trinajstić information content (AvgIpc) is 3.05. The first-order valence-electron chi connectivity index (χ1n) is 8.05. The van der Waals surface area contributed by atoms with Gasteiger partial charge in [0.15, 0.2) is 0 Å². The monoisotopic (exact) mass is 358 g/mol. The Morgan fingerprint density at radius 1 is 0.960 bits per heavy atom. The van der Waals surface area contributed by atoms with Crippen molar-refractivity contribution in [2.45, 2.75) is 44.9 Å². The maximum absolute atomic E-state index is 12.7. The van der Waals surface area contributed by atoms with Gasteiger partial charge in [-0.1, -0.05) is 19.3 Å². The standard InChI is InChI=1S/C16H18N2O6.Na.H/c19-11-4-5-12(20)17(11)10-16(8-2-1-3-9-16)15(23)24-18-13(21)6-7-14(18)22;;/h4-5H,1-3,6-10H2;;. The number of carbonyl (C=O) groups is 5. The van der Waals surface area contributed by atoms with Gasteiger partial charge in [-0.15, -0.1) is 5.06 Å². The number of hydrogen-bond donors (Lipinski definition) is 0. The number of amides is 4. The zero-order valence-corrected chi connectivity index (χ0v) is 13.2. The molecule has 3 rings (SSSR count). The predicted octanol–water partition coefficient (Wildman–Crippen LogP) is -0.179. The minimum absolute atomic E-state index is 0. The molecule has 0 aromatic rings. The number of nitrogens with zero attached hydrogens (tertiary/aromatic N) is 2. The molecule has 0 radical (unpaired) electrons. The summed E-state index contributed by atoms with van der Waals surface area (Å²) < 4.78 is 0. The van der Waals surface area contributed by atoms with Gasteiger partial charge >= 0.3 is 35.5 Å². The summed E-state index contributed by atoms with van der Waals surface area (Å²) in [5, 5.41) is 0.518. The second-order valence-corrected chi connectivity index (χ2v) is 6.40. The van der Waals surface area contributed by atoms with E-state index < -0.39 is 35.0 Å². The molecule has 0 bridgehead atoms. The number of hydrogen-bond acceptors (Lipinski definition) is 6. The molecule has 25 heavy (non-hydrogen) atoms. The molecular weight excluding hydrogens is 339 g/mol. The molecule has 0 aromatic carbocycles. The van der Waals surface area contributed by atoms with Crippen molar-refractivity contribution in [3.63, 3.8) is 0 Å². The number of rotatable bonds is 4. The summed E-state index contributed by atoms with van der Waals surface area (Å²) in [6.07, 6.45) is 5.70. The van der Waals surface area contributed by atoms with Crippen molar-refractivity contribution in [3.05, 3.63) is 12.2 Å². The van der Waals surface area contributed by atoms with E-state index in [0.29, 0.717) is 17.9 Å². The Labute approximate surface area is 166 Å². The van der Waals surface area contributed by atoms with E-state index in [9.17, 15) is 24.0 Å². The van der Waals surface area contributed by atoms with Gasteiger partial charge in [0.25, 0.3) is 23.6 Å². The number of hydroxylamine groups is 2. The molecule has 2 aliphatic heterocycles. The van der Waals surface area contributed by atoms with E-state index in [1.54, 1.807) is 0 Å². The fourth-order valence-electron chi connectivity index (χ4n) is 3.38. The third kappa shape index (κ3) is 3.86. The van der Waals surface area contributed by atoms with Crippen LogP contribution in [0.5, 0.6) is 0 Å². The Kier molecular flexibility index (Phi) is 6.18. The van der Waals surface area contributed by atoms with Crippen LogP contribution in [0.4, 0.5) is 0 Å². The van der Waals surface area contributed by atoms with Crippen LogP contribution in [0, 0.1) is 5.41 Å². The van der Waals surface area contributed by atoms with E-state index in [-0.39, 0.29) is 48.9 Å². The van der Waals surface area contributed by atoms with Crippen molar-refractivity contribution >= 4 is 59.2 Å². The molecule has 1 aliphatic carbocycles. The molecule has 2 heterocycles. The molecule has 8 nitrogen and oxygen atoms in total.